The molecule has 0 radical (unpaired) electrons. The van der Waals surface area contributed by atoms with Crippen molar-refractivity contribution < 1.29 is 14.3 Å². The van der Waals surface area contributed by atoms with Crippen LogP contribution in [0.15, 0.2) is 66.9 Å². The van der Waals surface area contributed by atoms with E-state index in [4.69, 9.17) is 15.2 Å². The van der Waals surface area contributed by atoms with E-state index >= 15 is 0 Å². The lowest BCUT2D eigenvalue weighted by Crippen LogP contribution is -2.11. The van der Waals surface area contributed by atoms with Crippen LogP contribution < -0.4 is 15.2 Å². The van der Waals surface area contributed by atoms with Gasteiger partial charge in [-0.25, -0.2) is 0 Å². The first kappa shape index (κ1) is 16.9. The van der Waals surface area contributed by atoms with Gasteiger partial charge in [-0.05, 0) is 54.6 Å². The lowest BCUT2D eigenvalue weighted by atomic mass is 10.1. The highest BCUT2D eigenvalue weighted by atomic mass is 16.7. The molecule has 0 unspecified atom stereocenters. The summed E-state index contributed by atoms with van der Waals surface area (Å²) in [5.74, 6) is 0.873. The third-order valence-corrected chi connectivity index (χ3v) is 4.55. The lowest BCUT2D eigenvalue weighted by molar-refractivity contribution is 0.100. The molecule has 1 aliphatic heterocycles. The van der Waals surface area contributed by atoms with E-state index in [0.717, 1.165) is 5.56 Å². The molecule has 0 bridgehead atoms. The van der Waals surface area contributed by atoms with Crippen LogP contribution in [0.25, 0.3) is 28.3 Å². The number of primary amides is 1. The molecule has 0 spiro atoms. The van der Waals surface area contributed by atoms with Crippen LogP contribution in [0.4, 0.5) is 0 Å². The summed E-state index contributed by atoms with van der Waals surface area (Å²) in [6, 6.07) is 18.0. The van der Waals surface area contributed by atoms with Crippen molar-refractivity contribution in [1.82, 2.24) is 20.0 Å². The monoisotopic (exact) mass is 385 g/mol. The van der Waals surface area contributed by atoms with Crippen LogP contribution in [0.5, 0.6) is 11.5 Å². The number of carbonyl (C=O) groups excluding carboxylic acids is 1. The van der Waals surface area contributed by atoms with Crippen molar-refractivity contribution >= 4 is 5.91 Å². The number of benzene rings is 2. The predicted molar refractivity (Wildman–Crippen MR) is 105 cm³/mol. The molecule has 8 heteroatoms. The molecular formula is C21H15N5O3. The molecule has 0 saturated carbocycles. The first-order chi connectivity index (χ1) is 14.2. The van der Waals surface area contributed by atoms with Crippen molar-refractivity contribution in [2.24, 2.45) is 5.73 Å². The number of aromatic nitrogens is 4. The molecule has 1 aliphatic rings. The Labute approximate surface area is 165 Å². The number of nitrogens with two attached hydrogens (primary N) is 1. The third-order valence-electron chi connectivity index (χ3n) is 4.55. The van der Waals surface area contributed by atoms with E-state index in [9.17, 15) is 4.79 Å². The molecule has 5 rings (SSSR count). The maximum atomic E-state index is 11.3. The molecular weight excluding hydrogens is 370 g/mol. The van der Waals surface area contributed by atoms with E-state index in [0.29, 0.717) is 39.8 Å². The van der Waals surface area contributed by atoms with E-state index in [2.05, 4.69) is 15.2 Å². The van der Waals surface area contributed by atoms with Gasteiger partial charge in [0.25, 0.3) is 0 Å². The summed E-state index contributed by atoms with van der Waals surface area (Å²) in [6.45, 7) is 0.199. The maximum Gasteiger partial charge on any atom is 0.248 e. The Morgan fingerprint density at radius 1 is 0.931 bits per heavy atom. The summed E-state index contributed by atoms with van der Waals surface area (Å²) in [6.07, 6.45) is 1.71. The Morgan fingerprint density at radius 3 is 2.48 bits per heavy atom. The molecule has 2 aromatic carbocycles. The average Bonchev–Trinajstić information content (AvgIpc) is 3.41. The fraction of sp³-hybridized carbons (Fsp3) is 0.0476. The van der Waals surface area contributed by atoms with E-state index in [-0.39, 0.29) is 6.79 Å². The van der Waals surface area contributed by atoms with Crippen LogP contribution in [0, 0.1) is 0 Å². The first-order valence-electron chi connectivity index (χ1n) is 8.88. The van der Waals surface area contributed by atoms with E-state index in [1.165, 1.54) is 4.80 Å². The number of amides is 1. The van der Waals surface area contributed by atoms with E-state index < -0.39 is 5.91 Å². The number of hydrogen-bond acceptors (Lipinski definition) is 6. The number of carbonyl (C=O) groups is 1. The van der Waals surface area contributed by atoms with Gasteiger partial charge in [0, 0.05) is 17.3 Å². The van der Waals surface area contributed by atoms with E-state index in [1.807, 2.05) is 36.4 Å². The van der Waals surface area contributed by atoms with Crippen molar-refractivity contribution in [2.45, 2.75) is 0 Å². The second-order valence-electron chi connectivity index (χ2n) is 6.38. The molecule has 8 nitrogen and oxygen atoms in total. The first-order valence-corrected chi connectivity index (χ1v) is 8.88. The zero-order valence-corrected chi connectivity index (χ0v) is 15.1. The van der Waals surface area contributed by atoms with Crippen molar-refractivity contribution in [3.63, 3.8) is 0 Å². The smallest absolute Gasteiger partial charge is 0.248 e. The summed E-state index contributed by atoms with van der Waals surface area (Å²) in [5, 5.41) is 9.33. The Morgan fingerprint density at radius 2 is 1.72 bits per heavy atom. The molecule has 29 heavy (non-hydrogen) atoms. The highest BCUT2D eigenvalue weighted by Crippen LogP contribution is 2.37. The van der Waals surface area contributed by atoms with Crippen LogP contribution in [-0.4, -0.2) is 32.7 Å². The quantitative estimate of drug-likeness (QED) is 0.579. The SMILES string of the molecule is NC(=O)c1ccc(-n2nc(-c3ccc4c(c3)OCO4)c(-c3ccccn3)n2)cc1. The predicted octanol–water partition coefficient (Wildman–Crippen LogP) is 2.82. The fourth-order valence-electron chi connectivity index (χ4n) is 3.09. The molecule has 142 valence electrons. The zero-order valence-electron chi connectivity index (χ0n) is 15.1. The molecule has 4 aromatic rings. The number of rotatable bonds is 4. The molecule has 0 fully saturated rings. The summed E-state index contributed by atoms with van der Waals surface area (Å²) in [4.78, 5) is 17.3. The molecule has 0 aliphatic carbocycles. The molecule has 1 amide bonds. The van der Waals surface area contributed by atoms with Gasteiger partial charge in [0.15, 0.2) is 11.5 Å². The standard InChI is InChI=1S/C21H15N5O3/c22-21(27)13-4-7-15(8-5-13)26-24-19(20(25-26)16-3-1-2-10-23-16)14-6-9-17-18(11-14)29-12-28-17/h1-11H,12H2,(H2,22,27). The van der Waals surface area contributed by atoms with Gasteiger partial charge in [-0.2, -0.15) is 4.80 Å². The van der Waals surface area contributed by atoms with Gasteiger partial charge in [-0.1, -0.05) is 6.07 Å². The molecule has 2 N–H and O–H groups in total. The summed E-state index contributed by atoms with van der Waals surface area (Å²) in [7, 11) is 0. The number of ether oxygens (including phenoxy) is 2. The van der Waals surface area contributed by atoms with E-state index in [1.54, 1.807) is 30.5 Å². The normalized spacial score (nSPS) is 12.1. The van der Waals surface area contributed by atoms with Gasteiger partial charge >= 0.3 is 0 Å². The minimum Gasteiger partial charge on any atom is -0.454 e. The number of fused-ring (bicyclic) bond motifs is 1. The highest BCUT2D eigenvalue weighted by molar-refractivity contribution is 5.92. The van der Waals surface area contributed by atoms with Crippen molar-refractivity contribution in [3.05, 3.63) is 72.4 Å². The van der Waals surface area contributed by atoms with Crippen LogP contribution in [-0.2, 0) is 0 Å². The van der Waals surface area contributed by atoms with Gasteiger partial charge in [0.1, 0.15) is 11.4 Å². The molecule has 2 aromatic heterocycles. The zero-order chi connectivity index (χ0) is 19.8. The molecule has 0 atom stereocenters. The summed E-state index contributed by atoms with van der Waals surface area (Å²) >= 11 is 0. The van der Waals surface area contributed by atoms with Crippen molar-refractivity contribution in [3.8, 4) is 39.8 Å². The maximum absolute atomic E-state index is 11.3. The van der Waals surface area contributed by atoms with Crippen LogP contribution in [0.1, 0.15) is 10.4 Å². The summed E-state index contributed by atoms with van der Waals surface area (Å²) < 4.78 is 10.9. The largest absolute Gasteiger partial charge is 0.454 e. The second kappa shape index (κ2) is 6.75. The number of hydrogen-bond donors (Lipinski definition) is 1. The van der Waals surface area contributed by atoms with Gasteiger partial charge in [0.05, 0.1) is 11.4 Å². The molecule has 3 heterocycles. The van der Waals surface area contributed by atoms with Crippen molar-refractivity contribution in [2.75, 3.05) is 6.79 Å². The third kappa shape index (κ3) is 3.06. The van der Waals surface area contributed by atoms with Gasteiger partial charge in [-0.15, -0.1) is 10.2 Å². The van der Waals surface area contributed by atoms with Crippen molar-refractivity contribution in [1.29, 1.82) is 0 Å². The fourth-order valence-corrected chi connectivity index (χ4v) is 3.09. The minimum atomic E-state index is -0.486. The van der Waals surface area contributed by atoms with Crippen LogP contribution in [0.3, 0.4) is 0 Å². The number of nitrogens with zero attached hydrogens (tertiary/aromatic N) is 4. The Balaban J connectivity index is 1.64. The van der Waals surface area contributed by atoms with Gasteiger partial charge < -0.3 is 15.2 Å². The Hall–Kier alpha value is -4.20. The topological polar surface area (TPSA) is 105 Å². The Bertz CT molecular complexity index is 1200. The Kier molecular flexibility index (Phi) is 3.94. The highest BCUT2D eigenvalue weighted by Gasteiger charge is 2.20. The van der Waals surface area contributed by atoms with Crippen LogP contribution >= 0.6 is 0 Å². The van der Waals surface area contributed by atoms with Gasteiger partial charge in [-0.3, -0.25) is 9.78 Å². The number of pyridine rings is 1. The summed E-state index contributed by atoms with van der Waals surface area (Å²) in [5.41, 5.74) is 9.24. The average molecular weight is 385 g/mol. The lowest BCUT2D eigenvalue weighted by Gasteiger charge is -2.02. The molecule has 0 saturated heterocycles. The van der Waals surface area contributed by atoms with Gasteiger partial charge in [0.2, 0.25) is 12.7 Å². The second-order valence-corrected chi connectivity index (χ2v) is 6.38. The minimum absolute atomic E-state index is 0.199. The van der Waals surface area contributed by atoms with Crippen LogP contribution in [0.2, 0.25) is 0 Å².